The Morgan fingerprint density at radius 1 is 1.08 bits per heavy atom. The highest BCUT2D eigenvalue weighted by Crippen LogP contribution is 2.34. The number of fused-ring (bicyclic) bond motifs is 1. The molecule has 1 atom stereocenters. The summed E-state index contributed by atoms with van der Waals surface area (Å²) in [5, 5.41) is 14.2. The van der Waals surface area contributed by atoms with E-state index >= 15 is 0 Å². The molecule has 0 amide bonds. The van der Waals surface area contributed by atoms with E-state index < -0.39 is 0 Å². The highest BCUT2D eigenvalue weighted by atomic mass is 16.1. The van der Waals surface area contributed by atoms with E-state index in [9.17, 15) is 4.79 Å². The Morgan fingerprint density at radius 2 is 1.86 bits per heavy atom. The van der Waals surface area contributed by atoms with Gasteiger partial charge in [0.2, 0.25) is 0 Å². The standard InChI is InChI=1S/C29H37N7O/c1-19(2)27(28-32-33-34-36(28)25-10-6-5-7-11-25)35(17-22-9-8-12-30-16-22)18-24-15-23-13-20(3)21(4)14-26(23)31-29(24)37/h8-9,12-16,19,25,27H,5-7,10-11,17-18H2,1-4H3,(H,31,37)/t27-/m1/s1. The Morgan fingerprint density at radius 3 is 2.59 bits per heavy atom. The molecule has 4 aromatic rings. The number of tetrazole rings is 1. The van der Waals surface area contributed by atoms with Gasteiger partial charge in [0.25, 0.3) is 5.56 Å². The molecule has 1 saturated carbocycles. The number of pyridine rings is 2. The van der Waals surface area contributed by atoms with Crippen LogP contribution in [0.25, 0.3) is 10.9 Å². The minimum absolute atomic E-state index is 0.0543. The Labute approximate surface area is 218 Å². The molecule has 1 fully saturated rings. The van der Waals surface area contributed by atoms with E-state index in [4.69, 9.17) is 0 Å². The van der Waals surface area contributed by atoms with Crippen LogP contribution in [0, 0.1) is 19.8 Å². The van der Waals surface area contributed by atoms with Gasteiger partial charge in [-0.2, -0.15) is 0 Å². The van der Waals surface area contributed by atoms with Crippen LogP contribution in [0.5, 0.6) is 0 Å². The Balaban J connectivity index is 1.56. The van der Waals surface area contributed by atoms with Gasteiger partial charge in [0.1, 0.15) is 0 Å². The number of aromatic amines is 1. The summed E-state index contributed by atoms with van der Waals surface area (Å²) in [6, 6.07) is 10.6. The summed E-state index contributed by atoms with van der Waals surface area (Å²) < 4.78 is 2.07. The first-order chi connectivity index (χ1) is 17.9. The fourth-order valence-electron chi connectivity index (χ4n) is 5.70. The molecule has 0 aliphatic heterocycles. The smallest absolute Gasteiger partial charge is 0.252 e. The number of hydrogen-bond donors (Lipinski definition) is 1. The van der Waals surface area contributed by atoms with Crippen molar-refractivity contribution in [2.24, 2.45) is 5.92 Å². The summed E-state index contributed by atoms with van der Waals surface area (Å²) in [6.45, 7) is 9.70. The first-order valence-electron chi connectivity index (χ1n) is 13.4. The lowest BCUT2D eigenvalue weighted by atomic mass is 9.94. The topological polar surface area (TPSA) is 92.6 Å². The third-order valence-corrected chi connectivity index (χ3v) is 7.75. The SMILES string of the molecule is Cc1cc2cc(CN(Cc3cccnc3)[C@@H](c3nnnn3C3CCCCC3)C(C)C)c(=O)[nH]c2cc1C. The molecule has 0 bridgehead atoms. The maximum atomic E-state index is 13.3. The Kier molecular flexibility index (Phi) is 7.46. The van der Waals surface area contributed by atoms with Crippen molar-refractivity contribution in [3.8, 4) is 0 Å². The van der Waals surface area contributed by atoms with E-state index in [-0.39, 0.29) is 17.5 Å². The van der Waals surface area contributed by atoms with Crippen LogP contribution in [0.4, 0.5) is 0 Å². The fourth-order valence-corrected chi connectivity index (χ4v) is 5.70. The molecular weight excluding hydrogens is 462 g/mol. The van der Waals surface area contributed by atoms with E-state index in [2.05, 4.69) is 81.0 Å². The van der Waals surface area contributed by atoms with Crippen molar-refractivity contribution in [1.29, 1.82) is 0 Å². The molecule has 8 heteroatoms. The van der Waals surface area contributed by atoms with Crippen LogP contribution in [-0.4, -0.2) is 35.1 Å². The van der Waals surface area contributed by atoms with Crippen molar-refractivity contribution in [2.45, 2.75) is 85.0 Å². The van der Waals surface area contributed by atoms with Crippen molar-refractivity contribution in [3.63, 3.8) is 0 Å². The van der Waals surface area contributed by atoms with Gasteiger partial charge in [0.15, 0.2) is 5.82 Å². The molecule has 8 nitrogen and oxygen atoms in total. The summed E-state index contributed by atoms with van der Waals surface area (Å²) in [6.07, 6.45) is 9.59. The summed E-state index contributed by atoms with van der Waals surface area (Å²) in [7, 11) is 0. The molecule has 1 aliphatic carbocycles. The van der Waals surface area contributed by atoms with E-state index in [0.29, 0.717) is 19.1 Å². The van der Waals surface area contributed by atoms with Gasteiger partial charge >= 0.3 is 0 Å². The van der Waals surface area contributed by atoms with E-state index in [1.54, 1.807) is 6.20 Å². The minimum atomic E-state index is -0.0630. The average molecular weight is 500 g/mol. The van der Waals surface area contributed by atoms with Gasteiger partial charge in [0, 0.05) is 36.6 Å². The molecule has 0 unspecified atom stereocenters. The number of rotatable bonds is 8. The lowest BCUT2D eigenvalue weighted by molar-refractivity contribution is 0.121. The average Bonchev–Trinajstić information content (AvgIpc) is 3.36. The number of nitrogens with zero attached hydrogens (tertiary/aromatic N) is 6. The maximum absolute atomic E-state index is 13.3. The molecule has 0 radical (unpaired) electrons. The molecule has 5 rings (SSSR count). The number of benzene rings is 1. The molecular formula is C29H37N7O. The molecule has 0 spiro atoms. The van der Waals surface area contributed by atoms with Crippen LogP contribution in [0.3, 0.4) is 0 Å². The van der Waals surface area contributed by atoms with Gasteiger partial charge in [-0.1, -0.05) is 39.2 Å². The zero-order valence-electron chi connectivity index (χ0n) is 22.3. The van der Waals surface area contributed by atoms with Gasteiger partial charge in [0.05, 0.1) is 12.1 Å². The monoisotopic (exact) mass is 499 g/mol. The van der Waals surface area contributed by atoms with Crippen molar-refractivity contribution in [2.75, 3.05) is 0 Å². The maximum Gasteiger partial charge on any atom is 0.252 e. The molecule has 0 saturated heterocycles. The number of H-pyrrole nitrogens is 1. The molecule has 1 aromatic carbocycles. The summed E-state index contributed by atoms with van der Waals surface area (Å²) >= 11 is 0. The summed E-state index contributed by atoms with van der Waals surface area (Å²) in [4.78, 5) is 23.1. The van der Waals surface area contributed by atoms with Gasteiger partial charge in [-0.15, -0.1) is 5.10 Å². The molecule has 1 N–H and O–H groups in total. The van der Waals surface area contributed by atoms with Crippen molar-refractivity contribution in [1.82, 2.24) is 35.1 Å². The highest BCUT2D eigenvalue weighted by molar-refractivity contribution is 5.80. The number of hydrogen-bond acceptors (Lipinski definition) is 6. The lowest BCUT2D eigenvalue weighted by Crippen LogP contribution is -2.36. The highest BCUT2D eigenvalue weighted by Gasteiger charge is 2.32. The third-order valence-electron chi connectivity index (χ3n) is 7.75. The van der Waals surface area contributed by atoms with Crippen LogP contribution >= 0.6 is 0 Å². The second-order valence-electron chi connectivity index (χ2n) is 10.9. The predicted octanol–water partition coefficient (Wildman–Crippen LogP) is 5.43. The number of aryl methyl sites for hydroxylation is 2. The van der Waals surface area contributed by atoms with Crippen LogP contribution in [0.15, 0.2) is 47.5 Å². The van der Waals surface area contributed by atoms with Gasteiger partial charge in [-0.25, -0.2) is 4.68 Å². The van der Waals surface area contributed by atoms with Gasteiger partial charge in [-0.3, -0.25) is 14.7 Å². The molecule has 1 aliphatic rings. The second-order valence-corrected chi connectivity index (χ2v) is 10.9. The predicted molar refractivity (Wildman–Crippen MR) is 145 cm³/mol. The normalized spacial score (nSPS) is 15.6. The van der Waals surface area contributed by atoms with Gasteiger partial charge < -0.3 is 4.98 Å². The number of aromatic nitrogens is 6. The van der Waals surface area contributed by atoms with Crippen LogP contribution in [0.1, 0.15) is 86.1 Å². The lowest BCUT2D eigenvalue weighted by Gasteiger charge is -2.35. The fraction of sp³-hybridized carbons (Fsp3) is 0.483. The summed E-state index contributed by atoms with van der Waals surface area (Å²) in [5.41, 5.74) is 5.03. The first-order valence-corrected chi connectivity index (χ1v) is 13.4. The quantitative estimate of drug-likeness (QED) is 0.347. The zero-order chi connectivity index (χ0) is 25.9. The van der Waals surface area contributed by atoms with Crippen LogP contribution in [0.2, 0.25) is 0 Å². The van der Waals surface area contributed by atoms with Crippen molar-refractivity contribution >= 4 is 10.9 Å². The Hall–Kier alpha value is -3.39. The second kappa shape index (κ2) is 10.9. The van der Waals surface area contributed by atoms with Crippen molar-refractivity contribution in [3.05, 3.63) is 81.2 Å². The first kappa shape index (κ1) is 25.3. The van der Waals surface area contributed by atoms with Crippen LogP contribution < -0.4 is 5.56 Å². The zero-order valence-corrected chi connectivity index (χ0v) is 22.3. The van der Waals surface area contributed by atoms with E-state index in [1.165, 1.54) is 30.4 Å². The van der Waals surface area contributed by atoms with Crippen LogP contribution in [-0.2, 0) is 13.1 Å². The molecule has 37 heavy (non-hydrogen) atoms. The summed E-state index contributed by atoms with van der Waals surface area (Å²) in [5.74, 6) is 1.11. The Bertz CT molecular complexity index is 1400. The molecule has 3 aromatic heterocycles. The van der Waals surface area contributed by atoms with Crippen molar-refractivity contribution < 1.29 is 0 Å². The van der Waals surface area contributed by atoms with Gasteiger partial charge in [-0.05, 0) is 89.4 Å². The molecule has 3 heterocycles. The van der Waals surface area contributed by atoms with E-state index in [0.717, 1.165) is 40.7 Å². The third kappa shape index (κ3) is 5.49. The largest absolute Gasteiger partial charge is 0.322 e. The minimum Gasteiger partial charge on any atom is -0.322 e. The van der Waals surface area contributed by atoms with E-state index in [1.807, 2.05) is 18.3 Å². The number of nitrogens with one attached hydrogen (secondary N) is 1. The molecule has 194 valence electrons.